The summed E-state index contributed by atoms with van der Waals surface area (Å²) in [5.41, 5.74) is 3.92. The molecule has 18 heavy (non-hydrogen) atoms. The molecular weight excluding hydrogens is 220 g/mol. The summed E-state index contributed by atoms with van der Waals surface area (Å²) in [4.78, 5) is 0. The third-order valence-corrected chi connectivity index (χ3v) is 3.86. The minimum atomic E-state index is 0.146. The number of hydrogen-bond donors (Lipinski definition) is 1. The molecule has 0 atom stereocenters. The molecule has 1 N–H and O–H groups in total. The van der Waals surface area contributed by atoms with Crippen molar-refractivity contribution >= 4 is 0 Å². The Bertz CT molecular complexity index is 402. The van der Waals surface area contributed by atoms with Crippen molar-refractivity contribution in [3.63, 3.8) is 0 Å². The third kappa shape index (κ3) is 3.07. The van der Waals surface area contributed by atoms with E-state index in [1.54, 1.807) is 0 Å². The maximum absolute atomic E-state index is 10.2. The van der Waals surface area contributed by atoms with Crippen LogP contribution in [0.15, 0.2) is 12.1 Å². The van der Waals surface area contributed by atoms with Crippen molar-refractivity contribution in [2.45, 2.75) is 72.1 Å². The Kier molecular flexibility index (Phi) is 4.84. The number of benzene rings is 1. The molecule has 1 aromatic rings. The van der Waals surface area contributed by atoms with Crippen LogP contribution < -0.4 is 0 Å². The van der Waals surface area contributed by atoms with E-state index in [4.69, 9.17) is 0 Å². The molecule has 1 rings (SSSR count). The molecule has 102 valence electrons. The first-order valence-corrected chi connectivity index (χ1v) is 7.19. The molecule has 1 nitrogen and oxygen atoms in total. The molecular formula is C17H28O. The van der Waals surface area contributed by atoms with Gasteiger partial charge < -0.3 is 5.11 Å². The molecule has 0 bridgehead atoms. The Labute approximate surface area is 112 Å². The average Bonchev–Trinajstić information content (AvgIpc) is 2.28. The highest BCUT2D eigenvalue weighted by atomic mass is 16.3. The van der Waals surface area contributed by atoms with Crippen LogP contribution in [0.25, 0.3) is 0 Å². The van der Waals surface area contributed by atoms with Gasteiger partial charge in [-0.15, -0.1) is 0 Å². The van der Waals surface area contributed by atoms with Crippen molar-refractivity contribution in [2.24, 2.45) is 0 Å². The lowest BCUT2D eigenvalue weighted by Crippen LogP contribution is -2.19. The Morgan fingerprint density at radius 3 is 2.22 bits per heavy atom. The highest BCUT2D eigenvalue weighted by molar-refractivity contribution is 5.46. The molecule has 0 saturated heterocycles. The number of rotatable bonds is 5. The van der Waals surface area contributed by atoms with Crippen LogP contribution in [0, 0.1) is 0 Å². The predicted octanol–water partition coefficient (Wildman–Crippen LogP) is 5.16. The number of phenols is 1. The molecule has 0 aromatic heterocycles. The molecule has 1 heteroatoms. The Morgan fingerprint density at radius 1 is 1.17 bits per heavy atom. The van der Waals surface area contributed by atoms with Crippen LogP contribution >= 0.6 is 0 Å². The van der Waals surface area contributed by atoms with Crippen molar-refractivity contribution in [1.82, 2.24) is 0 Å². The van der Waals surface area contributed by atoms with E-state index < -0.39 is 0 Å². The van der Waals surface area contributed by atoms with Crippen LogP contribution in [0.1, 0.15) is 77.0 Å². The van der Waals surface area contributed by atoms with E-state index in [-0.39, 0.29) is 5.41 Å². The highest BCUT2D eigenvalue weighted by Crippen LogP contribution is 2.37. The van der Waals surface area contributed by atoms with Crippen LogP contribution in [-0.2, 0) is 11.8 Å². The molecule has 0 aliphatic heterocycles. The first kappa shape index (κ1) is 15.1. The van der Waals surface area contributed by atoms with Gasteiger partial charge in [-0.05, 0) is 46.9 Å². The minimum absolute atomic E-state index is 0.146. The van der Waals surface area contributed by atoms with Gasteiger partial charge in [-0.1, -0.05) is 54.0 Å². The van der Waals surface area contributed by atoms with E-state index in [0.717, 1.165) is 18.4 Å². The van der Waals surface area contributed by atoms with E-state index in [2.05, 4.69) is 47.6 Å². The van der Waals surface area contributed by atoms with E-state index in [1.807, 2.05) is 6.07 Å². The van der Waals surface area contributed by atoms with Gasteiger partial charge in [0, 0.05) is 0 Å². The van der Waals surface area contributed by atoms with Crippen LogP contribution in [0.2, 0.25) is 0 Å². The molecule has 0 saturated carbocycles. The summed E-state index contributed by atoms with van der Waals surface area (Å²) >= 11 is 0. The highest BCUT2D eigenvalue weighted by Gasteiger charge is 2.24. The quantitative estimate of drug-likeness (QED) is 0.763. The molecule has 0 spiro atoms. The van der Waals surface area contributed by atoms with Gasteiger partial charge in [-0.25, -0.2) is 0 Å². The second-order valence-electron chi connectivity index (χ2n) is 6.21. The van der Waals surface area contributed by atoms with Gasteiger partial charge in [0.15, 0.2) is 0 Å². The summed E-state index contributed by atoms with van der Waals surface area (Å²) in [5, 5.41) is 10.2. The van der Waals surface area contributed by atoms with Crippen LogP contribution in [0.4, 0.5) is 0 Å². The van der Waals surface area contributed by atoms with Gasteiger partial charge in [-0.3, -0.25) is 0 Å². The van der Waals surface area contributed by atoms with Gasteiger partial charge in [0.25, 0.3) is 0 Å². The van der Waals surface area contributed by atoms with Crippen molar-refractivity contribution in [2.75, 3.05) is 0 Å². The molecule has 0 aliphatic rings. The third-order valence-electron chi connectivity index (χ3n) is 3.86. The maximum Gasteiger partial charge on any atom is 0.119 e. The lowest BCUT2D eigenvalue weighted by molar-refractivity contribution is 0.445. The second kappa shape index (κ2) is 5.77. The summed E-state index contributed by atoms with van der Waals surface area (Å²) < 4.78 is 0. The summed E-state index contributed by atoms with van der Waals surface area (Å²) in [6, 6.07) is 4.20. The Balaban J connectivity index is 3.33. The zero-order valence-electron chi connectivity index (χ0n) is 12.8. The van der Waals surface area contributed by atoms with Crippen LogP contribution in [0.3, 0.4) is 0 Å². The summed E-state index contributed by atoms with van der Waals surface area (Å²) in [5.74, 6) is 0.833. The summed E-state index contributed by atoms with van der Waals surface area (Å²) in [6.07, 6.45) is 3.35. The standard InChI is InChI=1S/C17H28O/c1-7-9-17(5,6)15-11-16(18)14(12(3)4)10-13(15)8-2/h10-12,18H,7-9H2,1-6H3. The average molecular weight is 248 g/mol. The molecule has 0 fully saturated rings. The first-order valence-electron chi connectivity index (χ1n) is 7.19. The largest absolute Gasteiger partial charge is 0.508 e. The first-order chi connectivity index (χ1) is 8.33. The van der Waals surface area contributed by atoms with Crippen LogP contribution in [-0.4, -0.2) is 5.11 Å². The fourth-order valence-corrected chi connectivity index (χ4v) is 2.80. The van der Waals surface area contributed by atoms with Gasteiger partial charge in [0.1, 0.15) is 5.75 Å². The summed E-state index contributed by atoms with van der Waals surface area (Å²) in [7, 11) is 0. The topological polar surface area (TPSA) is 20.2 Å². The number of aryl methyl sites for hydroxylation is 1. The molecule has 0 radical (unpaired) electrons. The van der Waals surface area contributed by atoms with Crippen molar-refractivity contribution in [3.05, 3.63) is 28.8 Å². The normalized spacial score (nSPS) is 12.2. The minimum Gasteiger partial charge on any atom is -0.508 e. The number of phenolic OH excluding ortho intramolecular Hbond substituents is 1. The smallest absolute Gasteiger partial charge is 0.119 e. The van der Waals surface area contributed by atoms with E-state index in [0.29, 0.717) is 11.7 Å². The molecule has 0 amide bonds. The maximum atomic E-state index is 10.2. The van der Waals surface area contributed by atoms with E-state index in [9.17, 15) is 5.11 Å². The zero-order valence-corrected chi connectivity index (χ0v) is 12.8. The molecule has 0 heterocycles. The van der Waals surface area contributed by atoms with Gasteiger partial charge in [-0.2, -0.15) is 0 Å². The van der Waals surface area contributed by atoms with E-state index in [1.165, 1.54) is 17.5 Å². The SMILES string of the molecule is CCCC(C)(C)c1cc(O)c(C(C)C)cc1CC. The lowest BCUT2D eigenvalue weighted by Gasteiger charge is -2.28. The van der Waals surface area contributed by atoms with Crippen LogP contribution in [0.5, 0.6) is 5.75 Å². The van der Waals surface area contributed by atoms with Crippen molar-refractivity contribution < 1.29 is 5.11 Å². The Hall–Kier alpha value is -0.980. The summed E-state index contributed by atoms with van der Waals surface area (Å²) in [6.45, 7) is 13.2. The van der Waals surface area contributed by atoms with E-state index >= 15 is 0 Å². The number of hydrogen-bond acceptors (Lipinski definition) is 1. The van der Waals surface area contributed by atoms with Gasteiger partial charge >= 0.3 is 0 Å². The molecule has 0 aliphatic carbocycles. The predicted molar refractivity (Wildman–Crippen MR) is 79.5 cm³/mol. The molecule has 1 aromatic carbocycles. The fraction of sp³-hybridized carbons (Fsp3) is 0.647. The van der Waals surface area contributed by atoms with Gasteiger partial charge in [0.2, 0.25) is 0 Å². The fourth-order valence-electron chi connectivity index (χ4n) is 2.80. The monoisotopic (exact) mass is 248 g/mol. The number of aromatic hydroxyl groups is 1. The molecule has 0 unspecified atom stereocenters. The van der Waals surface area contributed by atoms with Crippen molar-refractivity contribution in [1.29, 1.82) is 0 Å². The second-order valence-corrected chi connectivity index (χ2v) is 6.21. The van der Waals surface area contributed by atoms with Crippen molar-refractivity contribution in [3.8, 4) is 5.75 Å². The Morgan fingerprint density at radius 2 is 1.78 bits per heavy atom. The lowest BCUT2D eigenvalue weighted by atomic mass is 9.76. The zero-order chi connectivity index (χ0) is 13.9. The van der Waals surface area contributed by atoms with Gasteiger partial charge in [0.05, 0.1) is 0 Å².